The number of nitrogens with one attached hydrogen (secondary N) is 1. The normalized spacial score (nSPS) is 15.4. The lowest BCUT2D eigenvalue weighted by Gasteiger charge is -2.29. The van der Waals surface area contributed by atoms with Gasteiger partial charge in [0, 0.05) is 43.3 Å². The minimum absolute atomic E-state index is 0.569. The fraction of sp³-hybridized carbons (Fsp3) is 0.269. The van der Waals surface area contributed by atoms with Crippen LogP contribution in [0.4, 0.5) is 0 Å². The molecule has 0 bridgehead atoms. The summed E-state index contributed by atoms with van der Waals surface area (Å²) in [5, 5.41) is 3.19. The first-order valence-electron chi connectivity index (χ1n) is 10.3. The average molecular weight is 401 g/mol. The number of piperidine rings is 1. The molecule has 2 rings (SSSR count). The molecule has 4 nitrogen and oxygen atoms in total. The first-order chi connectivity index (χ1) is 14.5. The topological polar surface area (TPSA) is 53.6 Å². The van der Waals surface area contributed by atoms with Gasteiger partial charge in [0.15, 0.2) is 0 Å². The number of rotatable bonds is 9. The van der Waals surface area contributed by atoms with E-state index >= 15 is 0 Å². The lowest BCUT2D eigenvalue weighted by atomic mass is 10.0. The third-order valence-electron chi connectivity index (χ3n) is 4.93. The first kappa shape index (κ1) is 22.8. The molecule has 0 atom stereocenters. The molecule has 1 saturated heterocycles. The predicted octanol–water partition coefficient (Wildman–Crippen LogP) is 4.71. The second-order valence-corrected chi connectivity index (χ2v) is 7.24. The van der Waals surface area contributed by atoms with Crippen molar-refractivity contribution in [2.75, 3.05) is 19.6 Å². The van der Waals surface area contributed by atoms with Gasteiger partial charge in [0.1, 0.15) is 5.82 Å². The van der Waals surface area contributed by atoms with Gasteiger partial charge in [-0.05, 0) is 55.0 Å². The monoisotopic (exact) mass is 400 g/mol. The van der Waals surface area contributed by atoms with E-state index in [1.165, 1.54) is 19.3 Å². The van der Waals surface area contributed by atoms with Gasteiger partial charge < -0.3 is 16.0 Å². The van der Waals surface area contributed by atoms with Crippen LogP contribution in [0.15, 0.2) is 78.2 Å². The molecule has 1 heterocycles. The molecule has 1 aromatic carbocycles. The highest BCUT2D eigenvalue weighted by atomic mass is 15.1. The van der Waals surface area contributed by atoms with Crippen LogP contribution in [-0.4, -0.2) is 30.7 Å². The lowest BCUT2D eigenvalue weighted by Crippen LogP contribution is -2.28. The molecule has 1 aliphatic heterocycles. The van der Waals surface area contributed by atoms with Crippen molar-refractivity contribution in [3.05, 3.63) is 84.4 Å². The zero-order chi connectivity index (χ0) is 21.8. The number of likely N-dealkylation sites (tertiary alicyclic amines) is 1. The molecule has 0 unspecified atom stereocenters. The van der Waals surface area contributed by atoms with E-state index in [4.69, 9.17) is 12.2 Å². The highest BCUT2D eigenvalue weighted by Crippen LogP contribution is 2.16. The largest absolute Gasteiger partial charge is 0.399 e. The molecular formula is C26H32N4. The maximum absolute atomic E-state index is 5.71. The summed E-state index contributed by atoms with van der Waals surface area (Å²) in [4.78, 5) is 6.69. The number of terminal acetylenes is 1. The standard InChI is InChI=1S/C26H32N4/c1-5-10-26(30-19-7-6-8-20-30)11-9-17-28-23(4)29-18-16-21(2)24-12-14-25(15-13-24)22(3)27/h1,9-16,18,28H,3-4,6-8,17,19-20,27H2,2H3/b11-9-,21-16+,26-10+,29-18?. The van der Waals surface area contributed by atoms with Crippen LogP contribution in [0.5, 0.6) is 0 Å². The Morgan fingerprint density at radius 2 is 1.87 bits per heavy atom. The van der Waals surface area contributed by atoms with E-state index < -0.39 is 0 Å². The molecule has 0 spiro atoms. The van der Waals surface area contributed by atoms with Gasteiger partial charge in [0.2, 0.25) is 0 Å². The molecule has 30 heavy (non-hydrogen) atoms. The maximum Gasteiger partial charge on any atom is 0.118 e. The number of hydrogen-bond donors (Lipinski definition) is 2. The minimum Gasteiger partial charge on any atom is -0.399 e. The van der Waals surface area contributed by atoms with Gasteiger partial charge in [-0.3, -0.25) is 0 Å². The van der Waals surface area contributed by atoms with E-state index in [1.807, 2.05) is 49.4 Å². The summed E-state index contributed by atoms with van der Waals surface area (Å²) in [6.45, 7) is 12.5. The Morgan fingerprint density at radius 1 is 1.20 bits per heavy atom. The third kappa shape index (κ3) is 7.52. The van der Waals surface area contributed by atoms with Crippen molar-refractivity contribution in [1.29, 1.82) is 0 Å². The Bertz CT molecular complexity index is 886. The van der Waals surface area contributed by atoms with Crippen molar-refractivity contribution in [3.8, 4) is 12.3 Å². The number of aliphatic imine (C=N–C) groups is 1. The summed E-state index contributed by atoms with van der Waals surface area (Å²) >= 11 is 0. The number of allylic oxidation sites excluding steroid dienone is 4. The number of hydrogen-bond acceptors (Lipinski definition) is 4. The van der Waals surface area contributed by atoms with Gasteiger partial charge in [0.25, 0.3) is 0 Å². The number of benzene rings is 1. The lowest BCUT2D eigenvalue weighted by molar-refractivity contribution is 0.293. The van der Waals surface area contributed by atoms with Gasteiger partial charge in [-0.1, -0.05) is 49.4 Å². The smallest absolute Gasteiger partial charge is 0.118 e. The molecule has 156 valence electrons. The Kier molecular flexibility index (Phi) is 9.27. The van der Waals surface area contributed by atoms with Crippen LogP contribution in [0, 0.1) is 12.3 Å². The second-order valence-electron chi connectivity index (χ2n) is 7.24. The van der Waals surface area contributed by atoms with Gasteiger partial charge >= 0.3 is 0 Å². The van der Waals surface area contributed by atoms with Crippen molar-refractivity contribution in [2.45, 2.75) is 26.2 Å². The Labute approximate surface area is 181 Å². The van der Waals surface area contributed by atoms with Gasteiger partial charge in [-0.25, -0.2) is 4.99 Å². The summed E-state index contributed by atoms with van der Waals surface area (Å²) in [6, 6.07) is 7.97. The van der Waals surface area contributed by atoms with E-state index in [2.05, 4.69) is 40.4 Å². The minimum atomic E-state index is 0.569. The van der Waals surface area contributed by atoms with Crippen LogP contribution < -0.4 is 11.1 Å². The molecule has 0 amide bonds. The SMILES string of the molecule is C#C/C=C(\C=C/CNC(=C)N=C/C=C(\C)c1ccc(C(=C)N)cc1)N1CCCCC1. The van der Waals surface area contributed by atoms with Crippen molar-refractivity contribution in [1.82, 2.24) is 10.2 Å². The summed E-state index contributed by atoms with van der Waals surface area (Å²) in [5.74, 6) is 3.25. The highest BCUT2D eigenvalue weighted by molar-refractivity contribution is 5.84. The molecule has 0 radical (unpaired) electrons. The summed E-state index contributed by atoms with van der Waals surface area (Å²) < 4.78 is 0. The quantitative estimate of drug-likeness (QED) is 0.359. The summed E-state index contributed by atoms with van der Waals surface area (Å²) in [5.41, 5.74) is 10.5. The molecular weight excluding hydrogens is 368 g/mol. The molecule has 4 heteroatoms. The molecule has 0 saturated carbocycles. The summed E-state index contributed by atoms with van der Waals surface area (Å²) in [7, 11) is 0. The zero-order valence-corrected chi connectivity index (χ0v) is 17.9. The van der Waals surface area contributed by atoms with Crippen LogP contribution in [0.2, 0.25) is 0 Å². The molecule has 0 aromatic heterocycles. The highest BCUT2D eigenvalue weighted by Gasteiger charge is 2.10. The van der Waals surface area contributed by atoms with Crippen LogP contribution in [0.3, 0.4) is 0 Å². The zero-order valence-electron chi connectivity index (χ0n) is 17.9. The van der Waals surface area contributed by atoms with Gasteiger partial charge in [-0.15, -0.1) is 6.42 Å². The third-order valence-corrected chi connectivity index (χ3v) is 4.93. The Hall–Kier alpha value is -3.45. The fourth-order valence-electron chi connectivity index (χ4n) is 3.17. The van der Waals surface area contributed by atoms with E-state index in [9.17, 15) is 0 Å². The first-order valence-corrected chi connectivity index (χ1v) is 10.3. The van der Waals surface area contributed by atoms with Crippen LogP contribution in [0.1, 0.15) is 37.3 Å². The second kappa shape index (κ2) is 12.2. The number of nitrogens with two attached hydrogens (primary N) is 1. The van der Waals surface area contributed by atoms with Crippen molar-refractivity contribution in [3.63, 3.8) is 0 Å². The Balaban J connectivity index is 1.83. The van der Waals surface area contributed by atoms with Crippen LogP contribution in [0.25, 0.3) is 11.3 Å². The fourth-order valence-corrected chi connectivity index (χ4v) is 3.17. The predicted molar refractivity (Wildman–Crippen MR) is 130 cm³/mol. The van der Waals surface area contributed by atoms with Gasteiger partial charge in [-0.2, -0.15) is 0 Å². The van der Waals surface area contributed by atoms with Gasteiger partial charge in [0.05, 0.1) is 0 Å². The summed E-state index contributed by atoms with van der Waals surface area (Å²) in [6.07, 6.45) is 18.9. The van der Waals surface area contributed by atoms with Crippen molar-refractivity contribution < 1.29 is 0 Å². The van der Waals surface area contributed by atoms with Crippen molar-refractivity contribution in [2.24, 2.45) is 10.7 Å². The molecule has 3 N–H and O–H groups in total. The molecule has 1 aliphatic rings. The van der Waals surface area contributed by atoms with Crippen LogP contribution in [-0.2, 0) is 0 Å². The average Bonchev–Trinajstić information content (AvgIpc) is 2.76. The molecule has 0 aliphatic carbocycles. The van der Waals surface area contributed by atoms with Crippen molar-refractivity contribution >= 4 is 17.5 Å². The molecule has 1 aromatic rings. The van der Waals surface area contributed by atoms with E-state index in [0.717, 1.165) is 35.5 Å². The Morgan fingerprint density at radius 3 is 2.50 bits per heavy atom. The maximum atomic E-state index is 5.71. The molecule has 1 fully saturated rings. The number of nitrogens with zero attached hydrogens (tertiary/aromatic N) is 2. The van der Waals surface area contributed by atoms with E-state index in [1.54, 1.807) is 6.21 Å². The van der Waals surface area contributed by atoms with Crippen LogP contribution >= 0.6 is 0 Å². The van der Waals surface area contributed by atoms with E-state index in [-0.39, 0.29) is 0 Å². The van der Waals surface area contributed by atoms with E-state index in [0.29, 0.717) is 18.1 Å².